The van der Waals surface area contributed by atoms with Gasteiger partial charge in [-0.15, -0.1) is 13.2 Å². The molecule has 1 heterocycles. The van der Waals surface area contributed by atoms with Gasteiger partial charge in [0.25, 0.3) is 0 Å². The molecule has 0 radical (unpaired) electrons. The fraction of sp³-hybridized carbons (Fsp3) is 0.625. The number of hydrogen-bond donors (Lipinski definition) is 1. The van der Waals surface area contributed by atoms with Crippen LogP contribution in [0.2, 0.25) is 0 Å². The van der Waals surface area contributed by atoms with Gasteiger partial charge in [-0.2, -0.15) is 0 Å². The van der Waals surface area contributed by atoms with Crippen LogP contribution in [-0.4, -0.2) is 30.4 Å². The summed E-state index contributed by atoms with van der Waals surface area (Å²) in [6, 6.07) is 6.64. The van der Waals surface area contributed by atoms with E-state index in [1.807, 2.05) is 0 Å². The van der Waals surface area contributed by atoms with Crippen molar-refractivity contribution in [2.75, 3.05) is 13.1 Å². The van der Waals surface area contributed by atoms with Gasteiger partial charge in [0.15, 0.2) is 0 Å². The zero-order valence-corrected chi connectivity index (χ0v) is 12.5. The van der Waals surface area contributed by atoms with Crippen molar-refractivity contribution in [2.24, 2.45) is 17.6 Å². The average molecular weight is 314 g/mol. The van der Waals surface area contributed by atoms with E-state index in [0.29, 0.717) is 17.9 Å². The molecule has 4 atom stereocenters. The van der Waals surface area contributed by atoms with Gasteiger partial charge in [-0.3, -0.25) is 4.90 Å². The molecule has 0 amide bonds. The molecular weight excluding hydrogens is 293 g/mol. The third-order valence-electron chi connectivity index (χ3n) is 5.08. The first kappa shape index (κ1) is 15.6. The van der Waals surface area contributed by atoms with Gasteiger partial charge in [0, 0.05) is 25.2 Å². The van der Waals surface area contributed by atoms with Gasteiger partial charge in [-0.25, -0.2) is 0 Å². The predicted octanol–water partition coefficient (Wildman–Crippen LogP) is 3.32. The van der Waals surface area contributed by atoms with Crippen molar-refractivity contribution >= 4 is 0 Å². The molecule has 1 aliphatic heterocycles. The standard InChI is InChI=1S/C16H21F3N2O/c1-10(21-8-12-4-7-15(20)14(12)9-21)11-2-5-13(6-3-11)22-16(17,18)19/h2-3,5-6,10,12,14-15H,4,7-9,20H2,1H3. The van der Waals surface area contributed by atoms with Crippen LogP contribution in [0.25, 0.3) is 0 Å². The van der Waals surface area contributed by atoms with Gasteiger partial charge in [0.05, 0.1) is 0 Å². The third kappa shape index (κ3) is 3.22. The normalized spacial score (nSPS) is 30.3. The quantitative estimate of drug-likeness (QED) is 0.930. The SMILES string of the molecule is CC(c1ccc(OC(F)(F)F)cc1)N1CC2CCC(N)C2C1. The maximum atomic E-state index is 12.2. The van der Waals surface area contributed by atoms with E-state index >= 15 is 0 Å². The lowest BCUT2D eigenvalue weighted by molar-refractivity contribution is -0.274. The predicted molar refractivity (Wildman–Crippen MR) is 77.3 cm³/mol. The van der Waals surface area contributed by atoms with Crippen LogP contribution in [0, 0.1) is 11.8 Å². The Morgan fingerprint density at radius 3 is 2.45 bits per heavy atom. The van der Waals surface area contributed by atoms with Crippen LogP contribution in [0.5, 0.6) is 5.75 Å². The van der Waals surface area contributed by atoms with Crippen molar-refractivity contribution in [1.82, 2.24) is 4.90 Å². The second kappa shape index (κ2) is 5.74. The first-order chi connectivity index (χ1) is 10.3. The molecule has 3 rings (SSSR count). The molecule has 1 aromatic rings. The van der Waals surface area contributed by atoms with E-state index in [9.17, 15) is 13.2 Å². The van der Waals surface area contributed by atoms with Crippen molar-refractivity contribution in [3.63, 3.8) is 0 Å². The summed E-state index contributed by atoms with van der Waals surface area (Å²) >= 11 is 0. The zero-order valence-electron chi connectivity index (χ0n) is 12.5. The lowest BCUT2D eigenvalue weighted by atomic mass is 9.98. The Kier molecular flexibility index (Phi) is 4.07. The number of alkyl halides is 3. The van der Waals surface area contributed by atoms with Crippen molar-refractivity contribution < 1.29 is 17.9 Å². The molecule has 0 aromatic heterocycles. The fourth-order valence-corrected chi connectivity index (χ4v) is 3.82. The molecule has 1 saturated carbocycles. The first-order valence-electron chi connectivity index (χ1n) is 7.69. The number of nitrogens with two attached hydrogens (primary N) is 1. The lowest BCUT2D eigenvalue weighted by Gasteiger charge is -2.26. The summed E-state index contributed by atoms with van der Waals surface area (Å²) in [5.74, 6) is 1.06. The zero-order chi connectivity index (χ0) is 15.9. The summed E-state index contributed by atoms with van der Waals surface area (Å²) in [7, 11) is 0. The molecule has 1 aliphatic carbocycles. The summed E-state index contributed by atoms with van der Waals surface area (Å²) < 4.78 is 40.4. The minimum Gasteiger partial charge on any atom is -0.406 e. The Morgan fingerprint density at radius 1 is 1.18 bits per heavy atom. The summed E-state index contributed by atoms with van der Waals surface area (Å²) in [6.07, 6.45) is -2.34. The van der Waals surface area contributed by atoms with Crippen molar-refractivity contribution in [3.05, 3.63) is 29.8 Å². The first-order valence-corrected chi connectivity index (χ1v) is 7.69. The molecule has 3 nitrogen and oxygen atoms in total. The minimum atomic E-state index is -4.64. The largest absolute Gasteiger partial charge is 0.573 e. The van der Waals surface area contributed by atoms with E-state index in [0.717, 1.165) is 25.1 Å². The highest BCUT2D eigenvalue weighted by Crippen LogP contribution is 2.40. The highest BCUT2D eigenvalue weighted by atomic mass is 19.4. The van der Waals surface area contributed by atoms with E-state index in [1.54, 1.807) is 12.1 Å². The number of rotatable bonds is 3. The number of likely N-dealkylation sites (tertiary alicyclic amines) is 1. The van der Waals surface area contributed by atoms with Crippen molar-refractivity contribution in [1.29, 1.82) is 0 Å². The number of nitrogens with zero attached hydrogens (tertiary/aromatic N) is 1. The molecule has 2 N–H and O–H groups in total. The molecule has 2 fully saturated rings. The summed E-state index contributed by atoms with van der Waals surface area (Å²) in [5.41, 5.74) is 7.15. The van der Waals surface area contributed by atoms with E-state index in [2.05, 4.69) is 16.6 Å². The Labute approximate surface area is 128 Å². The molecule has 0 bridgehead atoms. The minimum absolute atomic E-state index is 0.177. The molecule has 0 spiro atoms. The monoisotopic (exact) mass is 314 g/mol. The number of benzene rings is 1. The highest BCUT2D eigenvalue weighted by molar-refractivity contribution is 5.29. The summed E-state index contributed by atoms with van der Waals surface area (Å²) in [5, 5.41) is 0. The smallest absolute Gasteiger partial charge is 0.406 e. The molecule has 2 aliphatic rings. The van der Waals surface area contributed by atoms with Crippen LogP contribution in [0.3, 0.4) is 0 Å². The van der Waals surface area contributed by atoms with Gasteiger partial charge in [-0.05, 0) is 49.3 Å². The summed E-state index contributed by atoms with van der Waals surface area (Å²) in [6.45, 7) is 4.10. The van der Waals surface area contributed by atoms with Gasteiger partial charge in [-0.1, -0.05) is 12.1 Å². The van der Waals surface area contributed by atoms with E-state index in [-0.39, 0.29) is 11.8 Å². The second-order valence-electron chi connectivity index (χ2n) is 6.41. The van der Waals surface area contributed by atoms with Crippen LogP contribution in [-0.2, 0) is 0 Å². The second-order valence-corrected chi connectivity index (χ2v) is 6.41. The molecule has 4 unspecified atom stereocenters. The maximum Gasteiger partial charge on any atom is 0.573 e. The molecule has 6 heteroatoms. The van der Waals surface area contributed by atoms with Crippen LogP contribution in [0.4, 0.5) is 13.2 Å². The Morgan fingerprint density at radius 2 is 1.86 bits per heavy atom. The lowest BCUT2D eigenvalue weighted by Crippen LogP contribution is -2.31. The van der Waals surface area contributed by atoms with Crippen LogP contribution >= 0.6 is 0 Å². The molecular formula is C16H21F3N2O. The molecule has 22 heavy (non-hydrogen) atoms. The maximum absolute atomic E-state index is 12.2. The Bertz CT molecular complexity index is 517. The van der Waals surface area contributed by atoms with E-state index < -0.39 is 6.36 Å². The highest BCUT2D eigenvalue weighted by Gasteiger charge is 2.42. The van der Waals surface area contributed by atoms with E-state index in [4.69, 9.17) is 5.73 Å². The van der Waals surface area contributed by atoms with Crippen LogP contribution in [0.1, 0.15) is 31.4 Å². The van der Waals surface area contributed by atoms with Crippen LogP contribution in [0.15, 0.2) is 24.3 Å². The van der Waals surface area contributed by atoms with E-state index in [1.165, 1.54) is 18.6 Å². The average Bonchev–Trinajstić information content (AvgIpc) is 3.00. The van der Waals surface area contributed by atoms with Gasteiger partial charge >= 0.3 is 6.36 Å². The van der Waals surface area contributed by atoms with Gasteiger partial charge < -0.3 is 10.5 Å². The van der Waals surface area contributed by atoms with Gasteiger partial charge in [0.1, 0.15) is 5.75 Å². The van der Waals surface area contributed by atoms with Crippen molar-refractivity contribution in [2.45, 2.75) is 38.2 Å². The summed E-state index contributed by atoms with van der Waals surface area (Å²) in [4.78, 5) is 2.38. The van der Waals surface area contributed by atoms with Crippen molar-refractivity contribution in [3.8, 4) is 5.75 Å². The topological polar surface area (TPSA) is 38.5 Å². The molecule has 1 saturated heterocycles. The third-order valence-corrected chi connectivity index (χ3v) is 5.08. The number of hydrogen-bond acceptors (Lipinski definition) is 3. The number of halogens is 3. The Hall–Kier alpha value is -1.27. The van der Waals surface area contributed by atoms with Crippen LogP contribution < -0.4 is 10.5 Å². The molecule has 1 aromatic carbocycles. The van der Waals surface area contributed by atoms with Gasteiger partial charge in [0.2, 0.25) is 0 Å². The Balaban J connectivity index is 1.64. The molecule has 122 valence electrons. The fourth-order valence-electron chi connectivity index (χ4n) is 3.82. The number of ether oxygens (including phenoxy) is 1. The number of fused-ring (bicyclic) bond motifs is 1.